The number of nitrogens with two attached hydrogens (primary N) is 1. The predicted molar refractivity (Wildman–Crippen MR) is 61.5 cm³/mol. The number of nitrogens with one attached hydrogen (secondary N) is 1. The van der Waals surface area contributed by atoms with Gasteiger partial charge >= 0.3 is 11.9 Å². The number of rotatable bonds is 5. The fraction of sp³-hybridized carbons (Fsp3) is 0.727. The van der Waals surface area contributed by atoms with E-state index in [-0.39, 0.29) is 18.8 Å². The molecule has 0 aromatic carbocycles. The normalized spacial score (nSPS) is 24.8. The highest BCUT2D eigenvalue weighted by atomic mass is 16.6. The summed E-state index contributed by atoms with van der Waals surface area (Å²) in [5.74, 6) is -2.03. The van der Waals surface area contributed by atoms with Gasteiger partial charge in [0.05, 0.1) is 24.9 Å². The van der Waals surface area contributed by atoms with E-state index in [0.717, 1.165) is 0 Å². The second-order valence-electron chi connectivity index (χ2n) is 4.72. The number of ether oxygens (including phenoxy) is 1. The largest absolute Gasteiger partial charge is 0.481 e. The SMILES string of the molecule is CC(C)C(N)C(=O)NC1CC(=O)OC1CC(=O)O. The van der Waals surface area contributed by atoms with Gasteiger partial charge in [0.15, 0.2) is 0 Å². The van der Waals surface area contributed by atoms with Gasteiger partial charge in [-0.25, -0.2) is 0 Å². The number of carbonyl (C=O) groups is 3. The predicted octanol–water partition coefficient (Wildman–Crippen LogP) is -0.755. The summed E-state index contributed by atoms with van der Waals surface area (Å²) in [4.78, 5) is 33.5. The van der Waals surface area contributed by atoms with Gasteiger partial charge in [0.2, 0.25) is 5.91 Å². The molecule has 1 amide bonds. The van der Waals surface area contributed by atoms with Crippen LogP contribution in [0.25, 0.3) is 0 Å². The van der Waals surface area contributed by atoms with Crippen LogP contribution in [-0.4, -0.2) is 41.1 Å². The maximum absolute atomic E-state index is 11.7. The molecule has 4 N–H and O–H groups in total. The molecule has 0 aliphatic carbocycles. The zero-order valence-corrected chi connectivity index (χ0v) is 10.4. The Labute approximate surface area is 105 Å². The van der Waals surface area contributed by atoms with Crippen molar-refractivity contribution >= 4 is 17.8 Å². The van der Waals surface area contributed by atoms with E-state index in [4.69, 9.17) is 15.6 Å². The van der Waals surface area contributed by atoms with Crippen LogP contribution < -0.4 is 11.1 Å². The molecular weight excluding hydrogens is 240 g/mol. The Morgan fingerprint density at radius 2 is 2.17 bits per heavy atom. The van der Waals surface area contributed by atoms with Crippen LogP contribution in [0.5, 0.6) is 0 Å². The highest BCUT2D eigenvalue weighted by Crippen LogP contribution is 2.18. The molecule has 0 bridgehead atoms. The zero-order chi connectivity index (χ0) is 13.9. The third kappa shape index (κ3) is 3.69. The van der Waals surface area contributed by atoms with Crippen LogP contribution in [0.1, 0.15) is 26.7 Å². The average Bonchev–Trinajstić information content (AvgIpc) is 2.56. The van der Waals surface area contributed by atoms with Crippen molar-refractivity contribution < 1.29 is 24.2 Å². The number of aliphatic carboxylic acids is 1. The summed E-state index contributed by atoms with van der Waals surface area (Å²) in [7, 11) is 0. The summed E-state index contributed by atoms with van der Waals surface area (Å²) in [6.45, 7) is 3.60. The molecule has 1 saturated heterocycles. The standard InChI is InChI=1S/C11H18N2O5/c1-5(2)10(12)11(17)13-6-3-9(16)18-7(6)4-8(14)15/h5-7,10H,3-4,12H2,1-2H3,(H,13,17)(H,14,15). The number of carbonyl (C=O) groups excluding carboxylic acids is 2. The highest BCUT2D eigenvalue weighted by molar-refractivity contribution is 5.84. The first-order valence-electron chi connectivity index (χ1n) is 5.78. The van der Waals surface area contributed by atoms with Gasteiger partial charge < -0.3 is 20.9 Å². The lowest BCUT2D eigenvalue weighted by atomic mass is 10.0. The van der Waals surface area contributed by atoms with Gasteiger partial charge in [0, 0.05) is 0 Å². The molecular formula is C11H18N2O5. The van der Waals surface area contributed by atoms with E-state index in [1.54, 1.807) is 13.8 Å². The van der Waals surface area contributed by atoms with Gasteiger partial charge in [-0.05, 0) is 5.92 Å². The minimum atomic E-state index is -1.08. The minimum absolute atomic E-state index is 0.0193. The Kier molecular flexibility index (Phi) is 4.66. The first-order chi connectivity index (χ1) is 8.31. The van der Waals surface area contributed by atoms with Gasteiger partial charge in [-0.3, -0.25) is 14.4 Å². The summed E-state index contributed by atoms with van der Waals surface area (Å²) < 4.78 is 4.85. The molecule has 3 unspecified atom stereocenters. The number of amides is 1. The van der Waals surface area contributed by atoms with Gasteiger partial charge in [-0.1, -0.05) is 13.8 Å². The lowest BCUT2D eigenvalue weighted by molar-refractivity contribution is -0.146. The summed E-state index contributed by atoms with van der Waals surface area (Å²) in [5.41, 5.74) is 5.67. The average molecular weight is 258 g/mol. The third-order valence-corrected chi connectivity index (χ3v) is 2.84. The molecule has 0 aromatic rings. The van der Waals surface area contributed by atoms with Gasteiger partial charge in [0.25, 0.3) is 0 Å². The Balaban J connectivity index is 2.61. The van der Waals surface area contributed by atoms with Crippen LogP contribution in [0.2, 0.25) is 0 Å². The quantitative estimate of drug-likeness (QED) is 0.558. The topological polar surface area (TPSA) is 119 Å². The summed E-state index contributed by atoms with van der Waals surface area (Å²) in [5, 5.41) is 11.3. The van der Waals surface area contributed by atoms with Gasteiger partial charge in [0.1, 0.15) is 6.10 Å². The minimum Gasteiger partial charge on any atom is -0.481 e. The zero-order valence-electron chi connectivity index (χ0n) is 10.4. The summed E-state index contributed by atoms with van der Waals surface area (Å²) in [6.07, 6.45) is -1.17. The molecule has 102 valence electrons. The van der Waals surface area contributed by atoms with Gasteiger partial charge in [-0.2, -0.15) is 0 Å². The van der Waals surface area contributed by atoms with E-state index < -0.39 is 36.0 Å². The van der Waals surface area contributed by atoms with Crippen LogP contribution >= 0.6 is 0 Å². The van der Waals surface area contributed by atoms with Crippen molar-refractivity contribution in [2.24, 2.45) is 11.7 Å². The molecule has 1 heterocycles. The Bertz CT molecular complexity index is 355. The number of esters is 1. The van der Waals surface area contributed by atoms with Crippen LogP contribution in [0.4, 0.5) is 0 Å². The van der Waals surface area contributed by atoms with Crippen molar-refractivity contribution in [3.05, 3.63) is 0 Å². The molecule has 1 fully saturated rings. The lowest BCUT2D eigenvalue weighted by Crippen LogP contribution is -2.50. The molecule has 1 aliphatic heterocycles. The van der Waals surface area contributed by atoms with Crippen molar-refractivity contribution in [3.8, 4) is 0 Å². The van der Waals surface area contributed by atoms with E-state index in [1.807, 2.05) is 0 Å². The first kappa shape index (κ1) is 14.4. The van der Waals surface area contributed by atoms with Crippen LogP contribution in [0.15, 0.2) is 0 Å². The summed E-state index contributed by atoms with van der Waals surface area (Å²) >= 11 is 0. The van der Waals surface area contributed by atoms with Gasteiger partial charge in [-0.15, -0.1) is 0 Å². The molecule has 0 radical (unpaired) electrons. The van der Waals surface area contributed by atoms with Crippen molar-refractivity contribution in [2.75, 3.05) is 0 Å². The molecule has 0 spiro atoms. The molecule has 7 nitrogen and oxygen atoms in total. The van der Waals surface area contributed by atoms with Crippen LogP contribution in [-0.2, 0) is 19.1 Å². The van der Waals surface area contributed by atoms with Crippen molar-refractivity contribution in [1.82, 2.24) is 5.32 Å². The number of cyclic esters (lactones) is 1. The van der Waals surface area contributed by atoms with E-state index >= 15 is 0 Å². The van der Waals surface area contributed by atoms with E-state index in [2.05, 4.69) is 5.32 Å². The number of hydrogen-bond donors (Lipinski definition) is 3. The monoisotopic (exact) mass is 258 g/mol. The fourth-order valence-electron chi connectivity index (χ4n) is 1.69. The Morgan fingerprint density at radius 1 is 1.56 bits per heavy atom. The first-order valence-corrected chi connectivity index (χ1v) is 5.78. The Hall–Kier alpha value is -1.63. The van der Waals surface area contributed by atoms with Crippen LogP contribution in [0, 0.1) is 5.92 Å². The second kappa shape index (κ2) is 5.81. The maximum Gasteiger partial charge on any atom is 0.308 e. The second-order valence-corrected chi connectivity index (χ2v) is 4.72. The molecule has 0 aromatic heterocycles. The fourth-order valence-corrected chi connectivity index (χ4v) is 1.69. The van der Waals surface area contributed by atoms with E-state index in [9.17, 15) is 14.4 Å². The maximum atomic E-state index is 11.7. The molecule has 1 aliphatic rings. The lowest BCUT2D eigenvalue weighted by Gasteiger charge is -2.21. The third-order valence-electron chi connectivity index (χ3n) is 2.84. The molecule has 7 heteroatoms. The van der Waals surface area contributed by atoms with Crippen LogP contribution in [0.3, 0.4) is 0 Å². The van der Waals surface area contributed by atoms with E-state index in [1.165, 1.54) is 0 Å². The molecule has 18 heavy (non-hydrogen) atoms. The van der Waals surface area contributed by atoms with Crippen molar-refractivity contribution in [3.63, 3.8) is 0 Å². The van der Waals surface area contributed by atoms with E-state index in [0.29, 0.717) is 0 Å². The van der Waals surface area contributed by atoms with Crippen molar-refractivity contribution in [1.29, 1.82) is 0 Å². The molecule has 0 saturated carbocycles. The smallest absolute Gasteiger partial charge is 0.308 e. The number of carboxylic acids is 1. The summed E-state index contributed by atoms with van der Waals surface area (Å²) in [6, 6.07) is -1.31. The number of carboxylic acid groups (broad SMARTS) is 1. The molecule has 3 atom stereocenters. The highest BCUT2D eigenvalue weighted by Gasteiger charge is 2.38. The Morgan fingerprint density at radius 3 is 2.67 bits per heavy atom. The number of hydrogen-bond acceptors (Lipinski definition) is 5. The molecule has 1 rings (SSSR count). The van der Waals surface area contributed by atoms with Crippen molar-refractivity contribution in [2.45, 2.75) is 44.9 Å².